The van der Waals surface area contributed by atoms with Gasteiger partial charge in [-0.1, -0.05) is 12.1 Å². The Morgan fingerprint density at radius 3 is 2.74 bits per heavy atom. The van der Waals surface area contributed by atoms with Crippen LogP contribution in [0.1, 0.15) is 50.1 Å². The summed E-state index contributed by atoms with van der Waals surface area (Å²) in [7, 11) is -2.85. The number of aryl methyl sites for hydroxylation is 1. The highest BCUT2D eigenvalue weighted by molar-refractivity contribution is 7.92. The molecule has 4 atom stereocenters. The monoisotopic (exact) mass is 549 g/mol. The summed E-state index contributed by atoms with van der Waals surface area (Å²) in [4.78, 5) is 11.4. The average Bonchev–Trinajstić information content (AvgIpc) is 3.69. The van der Waals surface area contributed by atoms with Gasteiger partial charge < -0.3 is 19.8 Å². The standard InChI is InChI=1S/C29H35N5O4S/c30-28-27-23(19-4-3-18-5-6-25(38-26(18)10-19)24-2-1-7-37-24)14-34(29(27)32-16-31-28)20-8-17(9-20)12-33-13-22-11-21(33)15-39(22,35)36/h3-4,10,14,16-17,20-22,24-25H,1-2,5-9,11-13,15H2,(H2,30,31,32)/t17?,20?,21-,22+,24?,25?/m0/s1. The van der Waals surface area contributed by atoms with Crippen LogP contribution < -0.4 is 10.5 Å². The van der Waals surface area contributed by atoms with Crippen molar-refractivity contribution < 1.29 is 17.9 Å². The molecule has 5 aliphatic rings. The SMILES string of the molecule is Nc1ncnc2c1c(-c1ccc3c(c1)OC(C1CCCO1)CC3)cn2C1CC(CN2C[C@H]3C[C@H]2CS3(=O)=O)C1. The molecule has 8 rings (SSSR count). The molecule has 2 N–H and O–H groups in total. The molecular weight excluding hydrogens is 514 g/mol. The molecule has 9 nitrogen and oxygen atoms in total. The van der Waals surface area contributed by atoms with Gasteiger partial charge in [-0.25, -0.2) is 18.4 Å². The minimum Gasteiger partial charge on any atom is -0.487 e. The van der Waals surface area contributed by atoms with Gasteiger partial charge in [-0.3, -0.25) is 4.90 Å². The van der Waals surface area contributed by atoms with E-state index in [0.29, 0.717) is 30.1 Å². The molecule has 4 fully saturated rings. The van der Waals surface area contributed by atoms with E-state index < -0.39 is 9.84 Å². The molecule has 10 heteroatoms. The molecule has 3 aromatic rings. The highest BCUT2D eigenvalue weighted by atomic mass is 32.2. The number of sulfone groups is 1. The van der Waals surface area contributed by atoms with Crippen LogP contribution in [0.15, 0.2) is 30.7 Å². The highest BCUT2D eigenvalue weighted by Gasteiger charge is 2.49. The maximum absolute atomic E-state index is 12.1. The van der Waals surface area contributed by atoms with Gasteiger partial charge in [0, 0.05) is 43.5 Å². The summed E-state index contributed by atoms with van der Waals surface area (Å²) in [5, 5.41) is 0.755. The first kappa shape index (κ1) is 24.1. The molecular formula is C29H35N5O4S. The van der Waals surface area contributed by atoms with Crippen LogP contribution in [0.5, 0.6) is 5.75 Å². The number of ether oxygens (including phenoxy) is 2. The molecule has 0 spiro atoms. The fourth-order valence-corrected chi connectivity index (χ4v) is 9.82. The maximum Gasteiger partial charge on any atom is 0.156 e. The number of nitrogens with zero attached hydrogens (tertiary/aromatic N) is 4. The molecule has 1 aromatic carbocycles. The Balaban J connectivity index is 1.04. The number of hydrogen-bond acceptors (Lipinski definition) is 8. The number of aromatic nitrogens is 3. The van der Waals surface area contributed by atoms with Gasteiger partial charge >= 0.3 is 0 Å². The second kappa shape index (κ2) is 8.91. The molecule has 4 aliphatic heterocycles. The zero-order chi connectivity index (χ0) is 26.3. The van der Waals surface area contributed by atoms with Crippen molar-refractivity contribution in [2.45, 2.75) is 74.5 Å². The van der Waals surface area contributed by atoms with Crippen molar-refractivity contribution in [3.05, 3.63) is 36.3 Å². The fraction of sp³-hybridized carbons (Fsp3) is 0.586. The van der Waals surface area contributed by atoms with E-state index >= 15 is 0 Å². The van der Waals surface area contributed by atoms with Gasteiger partial charge in [-0.05, 0) is 68.1 Å². The quantitative estimate of drug-likeness (QED) is 0.516. The maximum atomic E-state index is 12.1. The summed E-state index contributed by atoms with van der Waals surface area (Å²) in [5.41, 5.74) is 10.7. The Kier molecular flexibility index (Phi) is 5.51. The first-order chi connectivity index (χ1) is 18.9. The number of hydrogen-bond donors (Lipinski definition) is 1. The molecule has 0 amide bonds. The van der Waals surface area contributed by atoms with Gasteiger partial charge in [0.25, 0.3) is 0 Å². The normalized spacial score (nSPS) is 33.2. The van der Waals surface area contributed by atoms with Crippen LogP contribution in [-0.4, -0.2) is 76.8 Å². The van der Waals surface area contributed by atoms with Crippen LogP contribution in [-0.2, 0) is 21.0 Å². The number of benzene rings is 1. The summed E-state index contributed by atoms with van der Waals surface area (Å²) in [5.74, 6) is 2.36. The van der Waals surface area contributed by atoms with Crippen molar-refractivity contribution in [1.29, 1.82) is 0 Å². The molecule has 39 heavy (non-hydrogen) atoms. The summed E-state index contributed by atoms with van der Waals surface area (Å²) < 4.78 is 39.0. The van der Waals surface area contributed by atoms with E-state index in [2.05, 4.69) is 43.8 Å². The van der Waals surface area contributed by atoms with E-state index in [1.54, 1.807) is 6.33 Å². The Labute approximate surface area is 228 Å². The first-order valence-electron chi connectivity index (χ1n) is 14.4. The van der Waals surface area contributed by atoms with Crippen LogP contribution in [0, 0.1) is 5.92 Å². The van der Waals surface area contributed by atoms with Crippen LogP contribution in [0.2, 0.25) is 0 Å². The van der Waals surface area contributed by atoms with Gasteiger partial charge in [-0.2, -0.15) is 0 Å². The van der Waals surface area contributed by atoms with E-state index in [1.165, 1.54) is 5.56 Å². The minimum atomic E-state index is -2.85. The lowest BCUT2D eigenvalue weighted by atomic mass is 9.79. The largest absolute Gasteiger partial charge is 0.487 e. The van der Waals surface area contributed by atoms with Gasteiger partial charge in [0.15, 0.2) is 9.84 Å². The molecule has 2 bridgehead atoms. The summed E-state index contributed by atoms with van der Waals surface area (Å²) in [6.45, 7) is 2.53. The molecule has 1 aliphatic carbocycles. The van der Waals surface area contributed by atoms with Gasteiger partial charge in [0.1, 0.15) is 29.6 Å². The van der Waals surface area contributed by atoms with Gasteiger partial charge in [0.2, 0.25) is 0 Å². The Morgan fingerprint density at radius 1 is 1.08 bits per heavy atom. The van der Waals surface area contributed by atoms with Gasteiger partial charge in [0.05, 0.1) is 22.5 Å². The number of likely N-dealkylation sites (tertiary alicyclic amines) is 1. The fourth-order valence-electron chi connectivity index (χ4n) is 7.73. The summed E-state index contributed by atoms with van der Waals surface area (Å²) in [6, 6.07) is 7.07. The van der Waals surface area contributed by atoms with Crippen molar-refractivity contribution in [1.82, 2.24) is 19.4 Å². The lowest BCUT2D eigenvalue weighted by Gasteiger charge is -2.40. The third kappa shape index (κ3) is 3.97. The zero-order valence-corrected chi connectivity index (χ0v) is 22.9. The first-order valence-corrected chi connectivity index (χ1v) is 16.1. The van der Waals surface area contributed by atoms with Crippen molar-refractivity contribution in [2.24, 2.45) is 5.92 Å². The third-order valence-corrected chi connectivity index (χ3v) is 12.1. The third-order valence-electron chi connectivity index (χ3n) is 9.89. The summed E-state index contributed by atoms with van der Waals surface area (Å²) >= 11 is 0. The molecule has 206 valence electrons. The number of fused-ring (bicyclic) bond motifs is 4. The van der Waals surface area contributed by atoms with E-state index in [1.807, 2.05) is 0 Å². The Bertz CT molecular complexity index is 1540. The van der Waals surface area contributed by atoms with E-state index in [-0.39, 0.29) is 23.5 Å². The van der Waals surface area contributed by atoms with Crippen molar-refractivity contribution in [3.8, 4) is 16.9 Å². The lowest BCUT2D eigenvalue weighted by Crippen LogP contribution is -2.45. The van der Waals surface area contributed by atoms with Crippen molar-refractivity contribution >= 4 is 26.7 Å². The Hall–Kier alpha value is -2.69. The molecule has 1 saturated carbocycles. The number of rotatable bonds is 5. The second-order valence-electron chi connectivity index (χ2n) is 12.3. The molecule has 2 unspecified atom stereocenters. The van der Waals surface area contributed by atoms with Crippen LogP contribution in [0.25, 0.3) is 22.2 Å². The molecule has 0 radical (unpaired) electrons. The number of nitrogens with two attached hydrogens (primary N) is 1. The molecule has 6 heterocycles. The highest BCUT2D eigenvalue weighted by Crippen LogP contribution is 2.45. The predicted octanol–water partition coefficient (Wildman–Crippen LogP) is 3.38. The lowest BCUT2D eigenvalue weighted by molar-refractivity contribution is 0.00284. The van der Waals surface area contributed by atoms with Crippen LogP contribution in [0.3, 0.4) is 0 Å². The number of anilines is 1. The minimum absolute atomic E-state index is 0.114. The van der Waals surface area contributed by atoms with Crippen molar-refractivity contribution in [3.63, 3.8) is 0 Å². The van der Waals surface area contributed by atoms with Crippen LogP contribution >= 0.6 is 0 Å². The smallest absolute Gasteiger partial charge is 0.156 e. The Morgan fingerprint density at radius 2 is 1.97 bits per heavy atom. The molecule has 3 saturated heterocycles. The average molecular weight is 550 g/mol. The van der Waals surface area contributed by atoms with Crippen LogP contribution in [0.4, 0.5) is 5.82 Å². The van der Waals surface area contributed by atoms with Crippen molar-refractivity contribution in [2.75, 3.05) is 31.2 Å². The number of nitrogen functional groups attached to an aromatic ring is 1. The predicted molar refractivity (Wildman–Crippen MR) is 148 cm³/mol. The van der Waals surface area contributed by atoms with E-state index in [0.717, 1.165) is 86.0 Å². The second-order valence-corrected chi connectivity index (χ2v) is 14.6. The van der Waals surface area contributed by atoms with E-state index in [9.17, 15) is 8.42 Å². The zero-order valence-electron chi connectivity index (χ0n) is 22.0. The van der Waals surface area contributed by atoms with E-state index in [4.69, 9.17) is 15.2 Å². The molecule has 2 aromatic heterocycles. The summed E-state index contributed by atoms with van der Waals surface area (Å²) in [6.07, 6.45) is 11.2. The topological polar surface area (TPSA) is 113 Å². The van der Waals surface area contributed by atoms with Gasteiger partial charge in [-0.15, -0.1) is 0 Å².